The summed E-state index contributed by atoms with van der Waals surface area (Å²) in [4.78, 5) is 2.38. The van der Waals surface area contributed by atoms with Crippen LogP contribution in [0.1, 0.15) is 16.7 Å². The van der Waals surface area contributed by atoms with Crippen LogP contribution in [0.4, 0.5) is 17.1 Å². The molecule has 0 saturated carbocycles. The number of aryl methyl sites for hydroxylation is 3. The molecule has 4 aromatic rings. The molecule has 30 heavy (non-hydrogen) atoms. The predicted octanol–water partition coefficient (Wildman–Crippen LogP) is 5.02. The average molecular weight is 387 g/mol. The van der Waals surface area contributed by atoms with Gasteiger partial charge in [0.05, 0.1) is 0 Å². The molecule has 2 aliphatic heterocycles. The van der Waals surface area contributed by atoms with Gasteiger partial charge in [0.15, 0.2) is 0 Å². The summed E-state index contributed by atoms with van der Waals surface area (Å²) in [5.74, 6) is 1.92. The lowest BCUT2D eigenvalue weighted by atomic mass is 9.34. The summed E-state index contributed by atoms with van der Waals surface area (Å²) in [7, 11) is 0. The highest BCUT2D eigenvalue weighted by molar-refractivity contribution is 6.99. The Morgan fingerprint density at radius 1 is 0.633 bits per heavy atom. The molecular weight excluding hydrogens is 365 g/mol. The maximum absolute atomic E-state index is 6.40. The lowest BCUT2D eigenvalue weighted by Crippen LogP contribution is -2.59. The predicted molar refractivity (Wildman–Crippen MR) is 127 cm³/mol. The van der Waals surface area contributed by atoms with E-state index in [0.29, 0.717) is 0 Å². The molecule has 0 amide bonds. The number of benzene rings is 4. The van der Waals surface area contributed by atoms with Crippen molar-refractivity contribution in [3.05, 3.63) is 95.6 Å². The van der Waals surface area contributed by atoms with Crippen molar-refractivity contribution in [3.63, 3.8) is 0 Å². The summed E-state index contributed by atoms with van der Waals surface area (Å²) >= 11 is 0. The van der Waals surface area contributed by atoms with Crippen LogP contribution in [0.5, 0.6) is 11.5 Å². The van der Waals surface area contributed by atoms with Crippen molar-refractivity contribution in [1.29, 1.82) is 0 Å². The van der Waals surface area contributed by atoms with Gasteiger partial charge in [0, 0.05) is 17.1 Å². The Kier molecular flexibility index (Phi) is 3.64. The lowest BCUT2D eigenvalue weighted by molar-refractivity contribution is 0.487. The van der Waals surface area contributed by atoms with Crippen molar-refractivity contribution in [2.24, 2.45) is 0 Å². The number of hydrogen-bond donors (Lipinski definition) is 0. The molecule has 6 rings (SSSR count). The Balaban J connectivity index is 1.69. The first kappa shape index (κ1) is 17.4. The van der Waals surface area contributed by atoms with Crippen LogP contribution in [0.2, 0.25) is 0 Å². The summed E-state index contributed by atoms with van der Waals surface area (Å²) in [6.45, 7) is 6.64. The number of rotatable bonds is 1. The topological polar surface area (TPSA) is 12.5 Å². The standard InChI is InChI=1S/C27H22BNO/c1-17-7-11-20(12-8-17)29-23-13-9-18(2)15-21(23)28-22-16-19(3)10-14-25(22)30-26-6-4-5-24(29)27(26)28/h4-16H,1-3H3. The molecule has 0 saturated heterocycles. The molecule has 0 bridgehead atoms. The first-order chi connectivity index (χ1) is 14.6. The van der Waals surface area contributed by atoms with Gasteiger partial charge >= 0.3 is 0 Å². The van der Waals surface area contributed by atoms with Crippen LogP contribution in [0, 0.1) is 20.8 Å². The van der Waals surface area contributed by atoms with E-state index in [1.165, 1.54) is 50.1 Å². The third kappa shape index (κ3) is 2.45. The highest BCUT2D eigenvalue weighted by Crippen LogP contribution is 2.40. The maximum atomic E-state index is 6.40. The number of anilines is 3. The third-order valence-corrected chi connectivity index (χ3v) is 6.30. The molecule has 4 aromatic carbocycles. The Hall–Kier alpha value is -3.46. The van der Waals surface area contributed by atoms with Crippen LogP contribution in [0.15, 0.2) is 78.9 Å². The van der Waals surface area contributed by atoms with E-state index in [4.69, 9.17) is 4.74 Å². The second-order valence-corrected chi connectivity index (χ2v) is 8.50. The van der Waals surface area contributed by atoms with Gasteiger partial charge in [-0.25, -0.2) is 0 Å². The Labute approximate surface area is 177 Å². The Morgan fingerprint density at radius 3 is 2.13 bits per heavy atom. The monoisotopic (exact) mass is 387 g/mol. The molecule has 0 radical (unpaired) electrons. The Bertz CT molecular complexity index is 1310. The van der Waals surface area contributed by atoms with Gasteiger partial charge in [-0.2, -0.15) is 0 Å². The molecule has 3 heteroatoms. The molecule has 144 valence electrons. The summed E-state index contributed by atoms with van der Waals surface area (Å²) < 4.78 is 6.40. The van der Waals surface area contributed by atoms with E-state index in [-0.39, 0.29) is 6.71 Å². The van der Waals surface area contributed by atoms with Gasteiger partial charge in [0.2, 0.25) is 0 Å². The van der Waals surface area contributed by atoms with Crippen molar-refractivity contribution < 1.29 is 4.74 Å². The van der Waals surface area contributed by atoms with Crippen LogP contribution >= 0.6 is 0 Å². The van der Waals surface area contributed by atoms with Gasteiger partial charge in [-0.05, 0) is 73.6 Å². The van der Waals surface area contributed by atoms with Crippen LogP contribution in [-0.2, 0) is 0 Å². The fourth-order valence-corrected chi connectivity index (χ4v) is 4.90. The zero-order valence-corrected chi connectivity index (χ0v) is 17.4. The van der Waals surface area contributed by atoms with Crippen molar-refractivity contribution in [1.82, 2.24) is 0 Å². The molecule has 0 N–H and O–H groups in total. The minimum atomic E-state index is 0.177. The van der Waals surface area contributed by atoms with E-state index < -0.39 is 0 Å². The van der Waals surface area contributed by atoms with Crippen molar-refractivity contribution in [3.8, 4) is 11.5 Å². The van der Waals surface area contributed by atoms with Gasteiger partial charge in [-0.1, -0.05) is 59.2 Å². The fraction of sp³-hybridized carbons (Fsp3) is 0.111. The molecule has 0 unspecified atom stereocenters. The zero-order valence-electron chi connectivity index (χ0n) is 17.4. The van der Waals surface area contributed by atoms with Gasteiger partial charge in [-0.15, -0.1) is 0 Å². The molecule has 0 fully saturated rings. The second kappa shape index (κ2) is 6.27. The molecular formula is C27H22BNO. The normalized spacial score (nSPS) is 13.3. The molecule has 2 aliphatic rings. The molecule has 0 aromatic heterocycles. The second-order valence-electron chi connectivity index (χ2n) is 8.50. The van der Waals surface area contributed by atoms with Crippen molar-refractivity contribution >= 4 is 40.2 Å². The molecule has 0 aliphatic carbocycles. The minimum Gasteiger partial charge on any atom is -0.458 e. The van der Waals surface area contributed by atoms with Gasteiger partial charge in [-0.3, -0.25) is 0 Å². The number of fused-ring (bicyclic) bond motifs is 4. The first-order valence-corrected chi connectivity index (χ1v) is 10.5. The summed E-state index contributed by atoms with van der Waals surface area (Å²) in [6.07, 6.45) is 0. The zero-order chi connectivity index (χ0) is 20.4. The van der Waals surface area contributed by atoms with Gasteiger partial charge in [0.1, 0.15) is 11.5 Å². The molecule has 2 nitrogen and oxygen atoms in total. The van der Waals surface area contributed by atoms with Crippen LogP contribution in [0.25, 0.3) is 0 Å². The Morgan fingerprint density at radius 2 is 1.33 bits per heavy atom. The number of nitrogens with zero attached hydrogens (tertiary/aromatic N) is 1. The quantitative estimate of drug-likeness (QED) is 0.368. The maximum Gasteiger partial charge on any atom is 0.256 e. The van der Waals surface area contributed by atoms with Gasteiger partial charge in [0.25, 0.3) is 6.71 Å². The fourth-order valence-electron chi connectivity index (χ4n) is 4.90. The van der Waals surface area contributed by atoms with Gasteiger partial charge < -0.3 is 9.64 Å². The van der Waals surface area contributed by atoms with E-state index in [0.717, 1.165) is 11.5 Å². The van der Waals surface area contributed by atoms with E-state index in [9.17, 15) is 0 Å². The van der Waals surface area contributed by atoms with Crippen molar-refractivity contribution in [2.75, 3.05) is 4.90 Å². The third-order valence-electron chi connectivity index (χ3n) is 6.30. The number of hydrogen-bond acceptors (Lipinski definition) is 2. The van der Waals surface area contributed by atoms with Crippen LogP contribution in [0.3, 0.4) is 0 Å². The van der Waals surface area contributed by atoms with E-state index in [1.807, 2.05) is 0 Å². The summed E-state index contributed by atoms with van der Waals surface area (Å²) in [5.41, 5.74) is 11.3. The van der Waals surface area contributed by atoms with E-state index in [1.54, 1.807) is 0 Å². The van der Waals surface area contributed by atoms with E-state index in [2.05, 4.69) is 105 Å². The molecule has 2 heterocycles. The highest BCUT2D eigenvalue weighted by atomic mass is 16.5. The van der Waals surface area contributed by atoms with Crippen LogP contribution in [-0.4, -0.2) is 6.71 Å². The SMILES string of the molecule is Cc1ccc(N2c3ccc(C)cc3B3c4cc(C)ccc4Oc4cccc2c43)cc1. The molecule has 0 spiro atoms. The summed E-state index contributed by atoms with van der Waals surface area (Å²) in [5, 5.41) is 0. The smallest absolute Gasteiger partial charge is 0.256 e. The first-order valence-electron chi connectivity index (χ1n) is 10.5. The summed E-state index contributed by atoms with van der Waals surface area (Å²) in [6, 6.07) is 28.6. The largest absolute Gasteiger partial charge is 0.458 e. The van der Waals surface area contributed by atoms with E-state index >= 15 is 0 Å². The highest BCUT2D eigenvalue weighted by Gasteiger charge is 2.41. The van der Waals surface area contributed by atoms with Crippen molar-refractivity contribution in [2.45, 2.75) is 20.8 Å². The number of ether oxygens (including phenoxy) is 1. The molecule has 0 atom stereocenters. The average Bonchev–Trinajstić information content (AvgIpc) is 2.75. The van der Waals surface area contributed by atoms with Crippen LogP contribution < -0.4 is 26.0 Å². The lowest BCUT2D eigenvalue weighted by Gasteiger charge is -2.40. The minimum absolute atomic E-state index is 0.177.